The molecule has 144 valence electrons. The molecule has 0 bridgehead atoms. The van der Waals surface area contributed by atoms with Gasteiger partial charge in [-0.05, 0) is 30.0 Å². The smallest absolute Gasteiger partial charge is 0.414 e. The molecule has 3 fully saturated rings. The van der Waals surface area contributed by atoms with Gasteiger partial charge in [-0.25, -0.2) is 9.59 Å². The molecule has 0 spiro atoms. The standard InChI is InChI=1S/C19H23N3O5/c1-12(23)21-9-14-7-19(14,11-21)13-3-5-15(6-4-13)22-10-16(27-18(22)25)8-20-17(24)26-2/h3-6,14,16H,7-11H2,1-2H3,(H,20,24)/t14?,16-,19?/m0/s1. The number of cyclic esters (lactones) is 1. The summed E-state index contributed by atoms with van der Waals surface area (Å²) in [6.45, 7) is 3.81. The van der Waals surface area contributed by atoms with Gasteiger partial charge in [0.1, 0.15) is 6.10 Å². The number of ether oxygens (including phenoxy) is 2. The van der Waals surface area contributed by atoms with Gasteiger partial charge in [0.2, 0.25) is 5.91 Å². The third-order valence-electron chi connectivity index (χ3n) is 5.88. The summed E-state index contributed by atoms with van der Waals surface area (Å²) in [5.74, 6) is 0.669. The molecule has 27 heavy (non-hydrogen) atoms. The SMILES string of the molecule is COC(=O)NC[C@H]1CN(c2ccc(C34CC3CN(C(C)=O)C4)cc2)C(=O)O1. The Balaban J connectivity index is 1.41. The molecule has 1 aromatic rings. The lowest BCUT2D eigenvalue weighted by Crippen LogP contribution is -2.34. The second kappa shape index (κ2) is 6.44. The number of anilines is 1. The monoisotopic (exact) mass is 373 g/mol. The predicted molar refractivity (Wildman–Crippen MR) is 96.5 cm³/mol. The molecule has 1 saturated carbocycles. The molecule has 1 aliphatic carbocycles. The van der Waals surface area contributed by atoms with E-state index in [9.17, 15) is 14.4 Å². The van der Waals surface area contributed by atoms with Gasteiger partial charge in [0.15, 0.2) is 0 Å². The van der Waals surface area contributed by atoms with Crippen molar-refractivity contribution in [1.82, 2.24) is 10.2 Å². The topological polar surface area (TPSA) is 88.2 Å². The van der Waals surface area contributed by atoms with Crippen LogP contribution in [0.15, 0.2) is 24.3 Å². The normalized spacial score (nSPS) is 28.6. The fraction of sp³-hybridized carbons (Fsp3) is 0.526. The third kappa shape index (κ3) is 3.09. The van der Waals surface area contributed by atoms with E-state index in [0.29, 0.717) is 12.5 Å². The number of alkyl carbamates (subject to hydrolysis) is 1. The zero-order valence-corrected chi connectivity index (χ0v) is 15.4. The van der Waals surface area contributed by atoms with Gasteiger partial charge < -0.3 is 19.7 Å². The Morgan fingerprint density at radius 1 is 1.30 bits per heavy atom. The molecule has 2 heterocycles. The van der Waals surface area contributed by atoms with Crippen LogP contribution in [0.5, 0.6) is 0 Å². The summed E-state index contributed by atoms with van der Waals surface area (Å²) in [4.78, 5) is 38.4. The second-order valence-corrected chi connectivity index (χ2v) is 7.49. The lowest BCUT2D eigenvalue weighted by Gasteiger charge is -2.20. The Bertz CT molecular complexity index is 780. The van der Waals surface area contributed by atoms with Crippen LogP contribution in [-0.4, -0.2) is 62.4 Å². The number of hydrogen-bond acceptors (Lipinski definition) is 5. The zero-order chi connectivity index (χ0) is 19.2. The van der Waals surface area contributed by atoms with E-state index in [2.05, 4.69) is 10.1 Å². The maximum atomic E-state index is 12.1. The average molecular weight is 373 g/mol. The quantitative estimate of drug-likeness (QED) is 0.864. The summed E-state index contributed by atoms with van der Waals surface area (Å²) in [6.07, 6.45) is -0.279. The minimum Gasteiger partial charge on any atom is -0.453 e. The van der Waals surface area contributed by atoms with Crippen molar-refractivity contribution < 1.29 is 23.9 Å². The minimum absolute atomic E-state index is 0.0860. The first-order chi connectivity index (χ1) is 12.9. The van der Waals surface area contributed by atoms with E-state index in [1.165, 1.54) is 12.7 Å². The molecule has 3 amide bonds. The summed E-state index contributed by atoms with van der Waals surface area (Å²) in [5.41, 5.74) is 2.07. The predicted octanol–water partition coefficient (Wildman–Crippen LogP) is 1.49. The molecule has 2 saturated heterocycles. The van der Waals surface area contributed by atoms with E-state index in [0.717, 1.165) is 25.2 Å². The highest BCUT2D eigenvalue weighted by Crippen LogP contribution is 2.59. The summed E-state index contributed by atoms with van der Waals surface area (Å²) >= 11 is 0. The maximum absolute atomic E-state index is 12.1. The molecule has 1 N–H and O–H groups in total. The highest BCUT2D eigenvalue weighted by Gasteiger charge is 2.61. The van der Waals surface area contributed by atoms with E-state index in [4.69, 9.17) is 4.74 Å². The Morgan fingerprint density at radius 2 is 2.04 bits per heavy atom. The van der Waals surface area contributed by atoms with Crippen molar-refractivity contribution in [2.24, 2.45) is 5.92 Å². The minimum atomic E-state index is -0.553. The molecule has 3 aliphatic rings. The summed E-state index contributed by atoms with van der Waals surface area (Å²) in [5, 5.41) is 2.54. The van der Waals surface area contributed by atoms with Gasteiger partial charge in [-0.3, -0.25) is 9.69 Å². The number of piperidine rings is 1. The number of fused-ring (bicyclic) bond motifs is 1. The molecule has 2 unspecified atom stereocenters. The number of benzene rings is 1. The van der Waals surface area contributed by atoms with Gasteiger partial charge >= 0.3 is 12.2 Å². The van der Waals surface area contributed by atoms with Crippen LogP contribution in [0.4, 0.5) is 15.3 Å². The van der Waals surface area contributed by atoms with Gasteiger partial charge in [-0.1, -0.05) is 12.1 Å². The third-order valence-corrected chi connectivity index (χ3v) is 5.88. The van der Waals surface area contributed by atoms with Crippen LogP contribution in [0.3, 0.4) is 0 Å². The Morgan fingerprint density at radius 3 is 2.67 bits per heavy atom. The Kier molecular flexibility index (Phi) is 4.20. The van der Waals surface area contributed by atoms with E-state index in [1.807, 2.05) is 29.2 Å². The fourth-order valence-corrected chi connectivity index (χ4v) is 4.25. The molecule has 1 aromatic carbocycles. The molecular weight excluding hydrogens is 350 g/mol. The highest BCUT2D eigenvalue weighted by molar-refractivity contribution is 5.89. The van der Waals surface area contributed by atoms with E-state index in [-0.39, 0.29) is 17.9 Å². The number of carbonyl (C=O) groups is 3. The zero-order valence-electron chi connectivity index (χ0n) is 15.4. The maximum Gasteiger partial charge on any atom is 0.414 e. The van der Waals surface area contributed by atoms with Crippen molar-refractivity contribution in [3.05, 3.63) is 29.8 Å². The highest BCUT2D eigenvalue weighted by atomic mass is 16.6. The van der Waals surface area contributed by atoms with Gasteiger partial charge in [0.25, 0.3) is 0 Å². The molecule has 0 radical (unpaired) electrons. The van der Waals surface area contributed by atoms with Crippen molar-refractivity contribution in [1.29, 1.82) is 0 Å². The van der Waals surface area contributed by atoms with Gasteiger partial charge in [-0.2, -0.15) is 0 Å². The second-order valence-electron chi connectivity index (χ2n) is 7.49. The lowest BCUT2D eigenvalue weighted by atomic mass is 9.94. The van der Waals surface area contributed by atoms with Crippen LogP contribution >= 0.6 is 0 Å². The summed E-state index contributed by atoms with van der Waals surface area (Å²) in [6, 6.07) is 7.94. The first kappa shape index (κ1) is 17.6. The first-order valence-electron chi connectivity index (χ1n) is 9.09. The van der Waals surface area contributed by atoms with Crippen molar-refractivity contribution in [3.63, 3.8) is 0 Å². The number of amides is 3. The van der Waals surface area contributed by atoms with Crippen LogP contribution in [-0.2, 0) is 19.7 Å². The fourth-order valence-electron chi connectivity index (χ4n) is 4.25. The molecule has 8 heteroatoms. The first-order valence-corrected chi connectivity index (χ1v) is 9.09. The largest absolute Gasteiger partial charge is 0.453 e. The molecule has 2 aliphatic heterocycles. The van der Waals surface area contributed by atoms with Crippen LogP contribution < -0.4 is 10.2 Å². The average Bonchev–Trinajstić information content (AvgIpc) is 3.03. The molecule has 0 aromatic heterocycles. The van der Waals surface area contributed by atoms with Gasteiger partial charge in [-0.15, -0.1) is 0 Å². The van der Waals surface area contributed by atoms with Crippen molar-refractivity contribution in [2.45, 2.75) is 24.9 Å². The van der Waals surface area contributed by atoms with E-state index < -0.39 is 18.3 Å². The number of rotatable bonds is 4. The summed E-state index contributed by atoms with van der Waals surface area (Å²) < 4.78 is 9.81. The van der Waals surface area contributed by atoms with Crippen LogP contribution in [0.1, 0.15) is 18.9 Å². The van der Waals surface area contributed by atoms with Crippen LogP contribution in [0.25, 0.3) is 0 Å². The number of methoxy groups -OCH3 is 1. The van der Waals surface area contributed by atoms with Gasteiger partial charge in [0.05, 0.1) is 20.2 Å². The van der Waals surface area contributed by atoms with Gasteiger partial charge in [0, 0.05) is 31.1 Å². The Hall–Kier alpha value is -2.77. The number of nitrogens with zero attached hydrogens (tertiary/aromatic N) is 2. The van der Waals surface area contributed by atoms with Crippen LogP contribution in [0.2, 0.25) is 0 Å². The van der Waals surface area contributed by atoms with Crippen molar-refractivity contribution >= 4 is 23.8 Å². The van der Waals surface area contributed by atoms with E-state index >= 15 is 0 Å². The number of hydrogen-bond donors (Lipinski definition) is 1. The molecule has 8 nitrogen and oxygen atoms in total. The summed E-state index contributed by atoms with van der Waals surface area (Å²) in [7, 11) is 1.29. The van der Waals surface area contributed by atoms with Crippen molar-refractivity contribution in [3.8, 4) is 0 Å². The number of carbonyl (C=O) groups excluding carboxylic acids is 3. The number of likely N-dealkylation sites (tertiary alicyclic amines) is 1. The lowest BCUT2D eigenvalue weighted by molar-refractivity contribution is -0.128. The van der Waals surface area contributed by atoms with Crippen molar-refractivity contribution in [2.75, 3.05) is 38.2 Å². The molecular formula is C19H23N3O5. The van der Waals surface area contributed by atoms with Crippen LogP contribution in [0, 0.1) is 5.92 Å². The Labute approximate surface area is 157 Å². The van der Waals surface area contributed by atoms with E-state index in [1.54, 1.807) is 11.8 Å². The molecule has 4 rings (SSSR count). The molecule has 3 atom stereocenters. The number of nitrogens with one attached hydrogen (secondary N) is 1.